The van der Waals surface area contributed by atoms with Crippen LogP contribution in [0, 0.1) is 6.92 Å². The van der Waals surface area contributed by atoms with Crippen LogP contribution in [0.15, 0.2) is 47.5 Å². The minimum absolute atomic E-state index is 0.00506. The summed E-state index contributed by atoms with van der Waals surface area (Å²) in [5.74, 6) is -0.780. The normalized spacial score (nSPS) is 18.0. The first-order chi connectivity index (χ1) is 13.6. The number of aryl methyl sites for hydroxylation is 1. The Morgan fingerprint density at radius 3 is 2.69 bits per heavy atom. The Bertz CT molecular complexity index is 995. The summed E-state index contributed by atoms with van der Waals surface area (Å²) in [6, 6.07) is 10.4. The third-order valence-corrected chi connectivity index (χ3v) is 5.46. The Labute approximate surface area is 173 Å². The van der Waals surface area contributed by atoms with Crippen molar-refractivity contribution in [3.05, 3.63) is 58.6 Å². The number of hydrogen-bond acceptors (Lipinski definition) is 4. The molecule has 0 radical (unpaired) electrons. The number of nitrogens with one attached hydrogen (secondary N) is 2. The van der Waals surface area contributed by atoms with E-state index in [-0.39, 0.29) is 23.2 Å². The number of rotatable bonds is 4. The Kier molecular flexibility index (Phi) is 6.18. The van der Waals surface area contributed by atoms with Crippen LogP contribution in [-0.2, 0) is 15.8 Å². The highest BCUT2D eigenvalue weighted by Gasteiger charge is 2.34. The van der Waals surface area contributed by atoms with Crippen molar-refractivity contribution in [1.29, 1.82) is 0 Å². The van der Waals surface area contributed by atoms with Crippen molar-refractivity contribution in [1.82, 2.24) is 5.32 Å². The molecule has 0 aliphatic carbocycles. The molecule has 1 saturated heterocycles. The van der Waals surface area contributed by atoms with Crippen LogP contribution in [0.25, 0.3) is 0 Å². The number of nitrogens with zero attached hydrogens (tertiary/aromatic N) is 1. The molecular formula is C19H15ClF3N3O2S. The van der Waals surface area contributed by atoms with E-state index in [0.29, 0.717) is 5.69 Å². The predicted octanol–water partition coefficient (Wildman–Crippen LogP) is 4.92. The average Bonchev–Trinajstić information content (AvgIpc) is 2.96. The number of hydrogen-bond donors (Lipinski definition) is 2. The fourth-order valence-corrected chi connectivity index (χ4v) is 3.80. The van der Waals surface area contributed by atoms with E-state index in [1.54, 1.807) is 12.1 Å². The van der Waals surface area contributed by atoms with E-state index in [0.717, 1.165) is 29.5 Å². The van der Waals surface area contributed by atoms with Gasteiger partial charge in [-0.2, -0.15) is 13.2 Å². The fraction of sp³-hybridized carbons (Fsp3) is 0.211. The van der Waals surface area contributed by atoms with E-state index in [1.807, 2.05) is 19.1 Å². The van der Waals surface area contributed by atoms with Gasteiger partial charge in [-0.3, -0.25) is 9.59 Å². The quantitative estimate of drug-likeness (QED) is 0.707. The molecule has 152 valence electrons. The van der Waals surface area contributed by atoms with Crippen LogP contribution in [0.4, 0.5) is 24.5 Å². The molecule has 2 aromatic rings. The average molecular weight is 442 g/mol. The van der Waals surface area contributed by atoms with E-state index in [1.165, 1.54) is 6.07 Å². The maximum absolute atomic E-state index is 13.0. The van der Waals surface area contributed by atoms with Gasteiger partial charge in [0.25, 0.3) is 0 Å². The molecular weight excluding hydrogens is 427 g/mol. The summed E-state index contributed by atoms with van der Waals surface area (Å²) in [5, 5.41) is 4.19. The maximum Gasteiger partial charge on any atom is 0.417 e. The SMILES string of the molecule is Cc1ccccc1NC(=O)CC1SC(=Nc2ccc(Cl)c(C(F)(F)F)c2)NC1=O. The lowest BCUT2D eigenvalue weighted by atomic mass is 10.2. The Hall–Kier alpha value is -2.52. The lowest BCUT2D eigenvalue weighted by molar-refractivity contribution is -0.137. The van der Waals surface area contributed by atoms with Gasteiger partial charge in [0, 0.05) is 12.1 Å². The summed E-state index contributed by atoms with van der Waals surface area (Å²) in [6.07, 6.45) is -4.71. The summed E-state index contributed by atoms with van der Waals surface area (Å²) in [6.45, 7) is 1.85. The van der Waals surface area contributed by atoms with Crippen LogP contribution in [0.1, 0.15) is 17.5 Å². The largest absolute Gasteiger partial charge is 0.417 e. The van der Waals surface area contributed by atoms with Gasteiger partial charge in [-0.15, -0.1) is 0 Å². The second kappa shape index (κ2) is 8.46. The number of halogens is 4. The molecule has 1 aliphatic heterocycles. The van der Waals surface area contributed by atoms with Gasteiger partial charge in [0.15, 0.2) is 5.17 Å². The molecule has 0 bridgehead atoms. The number of carbonyl (C=O) groups is 2. The van der Waals surface area contributed by atoms with Gasteiger partial charge in [-0.25, -0.2) is 4.99 Å². The first kappa shape index (κ1) is 21.2. The molecule has 1 heterocycles. The minimum Gasteiger partial charge on any atom is -0.326 e. The van der Waals surface area contributed by atoms with Gasteiger partial charge in [0.1, 0.15) is 5.25 Å². The second-order valence-corrected chi connectivity index (χ2v) is 7.84. The summed E-state index contributed by atoms with van der Waals surface area (Å²) in [5.41, 5.74) is 0.518. The van der Waals surface area contributed by atoms with E-state index in [2.05, 4.69) is 15.6 Å². The third-order valence-electron chi connectivity index (χ3n) is 4.05. The Morgan fingerprint density at radius 1 is 1.28 bits per heavy atom. The number of anilines is 1. The number of carbonyl (C=O) groups excluding carboxylic acids is 2. The molecule has 2 amide bonds. The van der Waals surface area contributed by atoms with Crippen LogP contribution < -0.4 is 10.6 Å². The van der Waals surface area contributed by atoms with Crippen molar-refractivity contribution >= 4 is 51.7 Å². The zero-order chi connectivity index (χ0) is 21.2. The van der Waals surface area contributed by atoms with Crippen LogP contribution in [0.5, 0.6) is 0 Å². The van der Waals surface area contributed by atoms with Crippen molar-refractivity contribution in [2.75, 3.05) is 5.32 Å². The molecule has 10 heteroatoms. The maximum atomic E-state index is 13.0. The second-order valence-electron chi connectivity index (χ2n) is 6.24. The van der Waals surface area contributed by atoms with Crippen molar-refractivity contribution in [3.63, 3.8) is 0 Å². The zero-order valence-corrected chi connectivity index (χ0v) is 16.6. The molecule has 1 aliphatic rings. The molecule has 29 heavy (non-hydrogen) atoms. The molecule has 1 fully saturated rings. The molecule has 0 saturated carbocycles. The van der Waals surface area contributed by atoms with E-state index < -0.39 is 27.9 Å². The van der Waals surface area contributed by atoms with Gasteiger partial charge < -0.3 is 10.6 Å². The molecule has 2 N–H and O–H groups in total. The molecule has 1 atom stereocenters. The third kappa shape index (κ3) is 5.30. The van der Waals surface area contributed by atoms with Crippen molar-refractivity contribution in [2.45, 2.75) is 24.8 Å². The number of amidine groups is 1. The van der Waals surface area contributed by atoms with Gasteiger partial charge >= 0.3 is 6.18 Å². The van der Waals surface area contributed by atoms with E-state index >= 15 is 0 Å². The summed E-state index contributed by atoms with van der Waals surface area (Å²) >= 11 is 6.58. The summed E-state index contributed by atoms with van der Waals surface area (Å²) in [4.78, 5) is 28.4. The van der Waals surface area contributed by atoms with Crippen LogP contribution in [-0.4, -0.2) is 22.2 Å². The Balaban J connectivity index is 1.69. The summed E-state index contributed by atoms with van der Waals surface area (Å²) in [7, 11) is 0. The molecule has 0 aromatic heterocycles. The molecule has 5 nitrogen and oxygen atoms in total. The highest BCUT2D eigenvalue weighted by Crippen LogP contribution is 2.37. The van der Waals surface area contributed by atoms with Crippen LogP contribution in [0.3, 0.4) is 0 Å². The van der Waals surface area contributed by atoms with Crippen LogP contribution in [0.2, 0.25) is 5.02 Å². The van der Waals surface area contributed by atoms with Gasteiger partial charge in [0.05, 0.1) is 16.3 Å². The number of aliphatic imine (C=N–C) groups is 1. The number of thioether (sulfide) groups is 1. The van der Waals surface area contributed by atoms with Crippen molar-refractivity contribution < 1.29 is 22.8 Å². The fourth-order valence-electron chi connectivity index (χ4n) is 2.59. The highest BCUT2D eigenvalue weighted by molar-refractivity contribution is 8.15. The van der Waals surface area contributed by atoms with E-state index in [4.69, 9.17) is 11.6 Å². The predicted molar refractivity (Wildman–Crippen MR) is 107 cm³/mol. The molecule has 0 spiro atoms. The lowest BCUT2D eigenvalue weighted by Gasteiger charge is -2.09. The smallest absolute Gasteiger partial charge is 0.326 e. The summed E-state index contributed by atoms with van der Waals surface area (Å²) < 4.78 is 38.9. The number of benzene rings is 2. The first-order valence-corrected chi connectivity index (χ1v) is 9.67. The molecule has 3 rings (SSSR count). The monoisotopic (exact) mass is 441 g/mol. The van der Waals surface area contributed by atoms with Crippen LogP contribution >= 0.6 is 23.4 Å². The van der Waals surface area contributed by atoms with Crippen molar-refractivity contribution in [2.24, 2.45) is 4.99 Å². The van der Waals surface area contributed by atoms with Gasteiger partial charge in [-0.05, 0) is 36.8 Å². The number of para-hydroxylation sites is 1. The minimum atomic E-state index is -4.62. The number of alkyl halides is 3. The van der Waals surface area contributed by atoms with Gasteiger partial charge in [0.2, 0.25) is 11.8 Å². The zero-order valence-electron chi connectivity index (χ0n) is 15.0. The first-order valence-electron chi connectivity index (χ1n) is 8.42. The highest BCUT2D eigenvalue weighted by atomic mass is 35.5. The lowest BCUT2D eigenvalue weighted by Crippen LogP contribution is -2.28. The molecule has 2 aromatic carbocycles. The molecule has 1 unspecified atom stereocenters. The topological polar surface area (TPSA) is 70.6 Å². The van der Waals surface area contributed by atoms with Gasteiger partial charge in [-0.1, -0.05) is 41.6 Å². The van der Waals surface area contributed by atoms with E-state index in [9.17, 15) is 22.8 Å². The standard InChI is InChI=1S/C19H15ClF3N3O2S/c1-10-4-2-3-5-14(10)25-16(27)9-15-17(28)26-18(29-15)24-11-6-7-13(20)12(8-11)19(21,22)23/h2-8,15H,9H2,1H3,(H,25,27)(H,24,26,28). The Morgan fingerprint density at radius 2 is 2.00 bits per heavy atom. The number of amides is 2. The van der Waals surface area contributed by atoms with Crippen molar-refractivity contribution in [3.8, 4) is 0 Å².